The molecule has 2 aromatic rings. The van der Waals surface area contributed by atoms with Crippen LogP contribution in [0, 0.1) is 11.2 Å². The van der Waals surface area contributed by atoms with Crippen molar-refractivity contribution >= 4 is 23.4 Å². The quantitative estimate of drug-likeness (QED) is 0.493. The summed E-state index contributed by atoms with van der Waals surface area (Å²) >= 11 is 0. The summed E-state index contributed by atoms with van der Waals surface area (Å²) in [5.74, 6) is -1.03. The minimum Gasteiger partial charge on any atom is -0.442 e. The van der Waals surface area contributed by atoms with Crippen molar-refractivity contribution in [1.82, 2.24) is 15.1 Å². The summed E-state index contributed by atoms with van der Waals surface area (Å²) in [5.41, 5.74) is -0.977. The summed E-state index contributed by atoms with van der Waals surface area (Å²) in [6.45, 7) is 3.15. The fourth-order valence-corrected chi connectivity index (χ4v) is 3.25. The number of nitrogens with one attached hydrogen (secondary N) is 2. The monoisotopic (exact) mass is 455 g/mol. The molecule has 1 fully saturated rings. The molecule has 2 heterocycles. The number of cyclic esters (lactones) is 1. The van der Waals surface area contributed by atoms with Gasteiger partial charge in [0.25, 0.3) is 0 Å². The molecule has 2 atom stereocenters. The lowest BCUT2D eigenvalue weighted by Crippen LogP contribution is -2.33. The van der Waals surface area contributed by atoms with E-state index < -0.39 is 35.9 Å². The van der Waals surface area contributed by atoms with Crippen LogP contribution in [0.1, 0.15) is 37.6 Å². The fourth-order valence-electron chi connectivity index (χ4n) is 3.25. The van der Waals surface area contributed by atoms with Gasteiger partial charge in [-0.25, -0.2) is 9.18 Å². The molecule has 0 saturated carbocycles. The van der Waals surface area contributed by atoms with E-state index in [1.54, 1.807) is 6.92 Å². The maximum atomic E-state index is 14.7. The molecule has 0 spiro atoms. The number of rotatable bonds is 7. The Kier molecular flexibility index (Phi) is 6.51. The lowest BCUT2D eigenvalue weighted by atomic mass is 10.0. The van der Waals surface area contributed by atoms with Crippen molar-refractivity contribution < 1.29 is 31.9 Å². The minimum atomic E-state index is -4.57. The Bertz CT molecular complexity index is 1040. The first-order chi connectivity index (χ1) is 15.0. The second kappa shape index (κ2) is 8.97. The number of alkyl halides is 3. The van der Waals surface area contributed by atoms with Gasteiger partial charge in [0.1, 0.15) is 11.9 Å². The number of carbonyl (C=O) groups is 2. The highest BCUT2D eigenvalue weighted by Crippen LogP contribution is 2.29. The van der Waals surface area contributed by atoms with Crippen molar-refractivity contribution in [3.05, 3.63) is 47.5 Å². The first-order valence-electron chi connectivity index (χ1n) is 9.68. The van der Waals surface area contributed by atoms with E-state index >= 15 is 0 Å². The molecule has 12 heteroatoms. The van der Waals surface area contributed by atoms with E-state index in [9.17, 15) is 27.2 Å². The van der Waals surface area contributed by atoms with Crippen LogP contribution < -0.4 is 10.2 Å². The number of anilines is 1. The molecule has 2 amide bonds. The van der Waals surface area contributed by atoms with Gasteiger partial charge in [-0.2, -0.15) is 18.3 Å². The Morgan fingerprint density at radius 2 is 2.09 bits per heavy atom. The Morgan fingerprint density at radius 3 is 2.69 bits per heavy atom. The predicted octanol–water partition coefficient (Wildman–Crippen LogP) is 3.52. The van der Waals surface area contributed by atoms with Gasteiger partial charge < -0.3 is 15.5 Å². The average Bonchev–Trinajstić information content (AvgIpc) is 3.33. The summed E-state index contributed by atoms with van der Waals surface area (Å²) < 4.78 is 59.1. The van der Waals surface area contributed by atoms with Gasteiger partial charge in [-0.1, -0.05) is 0 Å². The van der Waals surface area contributed by atoms with E-state index in [2.05, 4.69) is 10.4 Å². The third-order valence-electron chi connectivity index (χ3n) is 4.89. The number of halogens is 4. The number of hydrogen-bond acceptors (Lipinski definition) is 5. The van der Waals surface area contributed by atoms with Gasteiger partial charge in [0, 0.05) is 30.8 Å². The van der Waals surface area contributed by atoms with Gasteiger partial charge in [-0.15, -0.1) is 0 Å². The second-order valence-electron chi connectivity index (χ2n) is 7.43. The van der Waals surface area contributed by atoms with Gasteiger partial charge in [0.2, 0.25) is 5.91 Å². The van der Waals surface area contributed by atoms with Gasteiger partial charge in [0.15, 0.2) is 5.69 Å². The molecule has 32 heavy (non-hydrogen) atoms. The zero-order valence-corrected chi connectivity index (χ0v) is 17.2. The maximum absolute atomic E-state index is 14.7. The first kappa shape index (κ1) is 23.2. The van der Waals surface area contributed by atoms with Gasteiger partial charge >= 0.3 is 12.3 Å². The summed E-state index contributed by atoms with van der Waals surface area (Å²) in [6, 6.07) is 4.10. The van der Waals surface area contributed by atoms with Crippen molar-refractivity contribution in [2.24, 2.45) is 0 Å². The van der Waals surface area contributed by atoms with Crippen LogP contribution in [0.5, 0.6) is 0 Å². The summed E-state index contributed by atoms with van der Waals surface area (Å²) in [7, 11) is 0. The molecule has 172 valence electrons. The lowest BCUT2D eigenvalue weighted by Gasteiger charge is -2.16. The van der Waals surface area contributed by atoms with Crippen LogP contribution in [0.15, 0.2) is 30.5 Å². The molecule has 1 aromatic heterocycles. The normalized spacial score (nSPS) is 17.2. The number of hydrogen-bond donors (Lipinski definition) is 2. The summed E-state index contributed by atoms with van der Waals surface area (Å²) in [4.78, 5) is 24.3. The van der Waals surface area contributed by atoms with Crippen LogP contribution in [-0.4, -0.2) is 46.7 Å². The van der Waals surface area contributed by atoms with E-state index in [1.165, 1.54) is 24.0 Å². The van der Waals surface area contributed by atoms with Gasteiger partial charge in [-0.3, -0.25) is 14.4 Å². The Hall–Kier alpha value is -3.44. The molecule has 0 radical (unpaired) electrons. The van der Waals surface area contributed by atoms with Crippen molar-refractivity contribution in [3.63, 3.8) is 0 Å². The molecule has 2 N–H and O–H groups in total. The highest BCUT2D eigenvalue weighted by Gasteiger charge is 2.34. The second-order valence-corrected chi connectivity index (χ2v) is 7.43. The van der Waals surface area contributed by atoms with E-state index in [1.807, 2.05) is 0 Å². The summed E-state index contributed by atoms with van der Waals surface area (Å²) in [6.07, 6.45) is -4.73. The first-order valence-corrected chi connectivity index (χ1v) is 9.68. The zero-order chi connectivity index (χ0) is 23.6. The molecule has 0 aliphatic carbocycles. The van der Waals surface area contributed by atoms with Crippen molar-refractivity contribution in [2.45, 2.75) is 38.6 Å². The Labute approximate surface area is 180 Å². The molecule has 1 aliphatic heterocycles. The van der Waals surface area contributed by atoms with Crippen LogP contribution in [-0.2, 0) is 15.7 Å². The fraction of sp³-hybridized carbons (Fsp3) is 0.400. The largest absolute Gasteiger partial charge is 0.442 e. The van der Waals surface area contributed by atoms with Crippen LogP contribution in [0.25, 0.3) is 0 Å². The SMILES string of the molecule is CC(=O)NC[C@H]1CN(c2ccc(C(=N)C[C@H](C)n3ccc(C(F)(F)F)n3)c(F)c2)C(=O)O1. The molecule has 1 aliphatic rings. The highest BCUT2D eigenvalue weighted by atomic mass is 19.4. The Balaban J connectivity index is 1.67. The Morgan fingerprint density at radius 1 is 1.38 bits per heavy atom. The molecular formula is C20H21F4N5O3. The molecule has 3 rings (SSSR count). The number of aromatic nitrogens is 2. The van der Waals surface area contributed by atoms with E-state index in [0.717, 1.165) is 23.0 Å². The number of carbonyl (C=O) groups excluding carboxylic acids is 2. The predicted molar refractivity (Wildman–Crippen MR) is 106 cm³/mol. The maximum Gasteiger partial charge on any atom is 0.435 e. The summed E-state index contributed by atoms with van der Waals surface area (Å²) in [5, 5.41) is 14.2. The van der Waals surface area contributed by atoms with E-state index in [4.69, 9.17) is 10.1 Å². The van der Waals surface area contributed by atoms with Crippen LogP contribution >= 0.6 is 0 Å². The van der Waals surface area contributed by atoms with Crippen LogP contribution in [0.2, 0.25) is 0 Å². The minimum absolute atomic E-state index is 0.0360. The molecule has 1 saturated heterocycles. The van der Waals surface area contributed by atoms with Gasteiger partial charge in [-0.05, 0) is 31.2 Å². The third kappa shape index (κ3) is 5.24. The van der Waals surface area contributed by atoms with Crippen molar-refractivity contribution in [3.8, 4) is 0 Å². The lowest BCUT2D eigenvalue weighted by molar-refractivity contribution is -0.141. The number of amides is 2. The van der Waals surface area contributed by atoms with Crippen LogP contribution in [0.4, 0.5) is 28.0 Å². The average molecular weight is 455 g/mol. The van der Waals surface area contributed by atoms with Crippen LogP contribution in [0.3, 0.4) is 0 Å². The molecule has 1 aromatic carbocycles. The van der Waals surface area contributed by atoms with Crippen molar-refractivity contribution in [2.75, 3.05) is 18.0 Å². The highest BCUT2D eigenvalue weighted by molar-refractivity contribution is 5.99. The van der Waals surface area contributed by atoms with E-state index in [-0.39, 0.29) is 42.4 Å². The topological polar surface area (TPSA) is 100 Å². The third-order valence-corrected chi connectivity index (χ3v) is 4.89. The number of benzene rings is 1. The van der Waals surface area contributed by atoms with Crippen molar-refractivity contribution in [1.29, 1.82) is 5.41 Å². The molecule has 0 bridgehead atoms. The molecular weight excluding hydrogens is 434 g/mol. The zero-order valence-electron chi connectivity index (χ0n) is 17.2. The standard InChI is InChI=1S/C20H21F4N5O3/c1-11(29-6-5-18(27-29)20(22,23)24)7-17(25)15-4-3-13(8-16(15)21)28-10-14(32-19(28)31)9-26-12(2)30/h3-6,8,11,14,25H,7,9-10H2,1-2H3,(H,26,30)/t11-,14-/m0/s1. The van der Waals surface area contributed by atoms with Gasteiger partial charge in [0.05, 0.1) is 24.8 Å². The van der Waals surface area contributed by atoms with E-state index in [0.29, 0.717) is 0 Å². The number of nitrogens with zero attached hydrogens (tertiary/aromatic N) is 3. The smallest absolute Gasteiger partial charge is 0.435 e. The molecule has 8 nitrogen and oxygen atoms in total. The number of ether oxygens (including phenoxy) is 1. The molecule has 0 unspecified atom stereocenters.